The van der Waals surface area contributed by atoms with Crippen LogP contribution in [0.5, 0.6) is 0 Å². The van der Waals surface area contributed by atoms with Crippen molar-refractivity contribution in [2.75, 3.05) is 7.11 Å². The van der Waals surface area contributed by atoms with Crippen LogP contribution in [0.25, 0.3) is 10.9 Å². The van der Waals surface area contributed by atoms with Crippen LogP contribution in [0.4, 0.5) is 0 Å². The van der Waals surface area contributed by atoms with E-state index in [1.807, 2.05) is 18.2 Å². The minimum absolute atomic E-state index is 0. The molecule has 1 aromatic heterocycles. The Bertz CT molecular complexity index is 798. The van der Waals surface area contributed by atoms with Gasteiger partial charge in [-0.3, -0.25) is 13.8 Å². The van der Waals surface area contributed by atoms with Crippen LogP contribution in [0.1, 0.15) is 24.3 Å². The predicted octanol–water partition coefficient (Wildman–Crippen LogP) is 1.94. The van der Waals surface area contributed by atoms with Crippen LogP contribution >= 0.6 is 15.9 Å². The van der Waals surface area contributed by atoms with Gasteiger partial charge in [0.1, 0.15) is 0 Å². The molecule has 0 fully saturated rings. The molecule has 0 saturated carbocycles. The number of carbonyl (C=O) groups excluding carboxylic acids is 1. The molecule has 0 aliphatic rings. The summed E-state index contributed by atoms with van der Waals surface area (Å²) in [6, 6.07) is 5.69. The second-order valence-corrected chi connectivity index (χ2v) is 6.75. The molecule has 24 heavy (non-hydrogen) atoms. The molecule has 8 nitrogen and oxygen atoms in total. The Balaban J connectivity index is 0.000000777. The van der Waals surface area contributed by atoms with Crippen LogP contribution in [-0.2, 0) is 21.7 Å². The first-order valence-corrected chi connectivity index (χ1v) is 8.66. The molecule has 2 rings (SSSR count). The molecule has 0 unspecified atom stereocenters. The molecule has 2 aromatic rings. The fourth-order valence-electron chi connectivity index (χ4n) is 1.92. The standard InChI is InChI=1S/C13H15BrN2O2.Na.H2O4S.H/c1-8(2)7-16-12(13(17)18-3)11-9(14)5-4-6-10(11)15-16;;1-5(2,3)4;/h4-6,8H,7H2,1-3H3;;(H2,1,2,3,4);. The number of aromatic nitrogens is 2. The molecular formula is C13H18BrN2NaO6S. The number of benzene rings is 1. The van der Waals surface area contributed by atoms with Crippen molar-refractivity contribution in [1.29, 1.82) is 0 Å². The van der Waals surface area contributed by atoms with Crippen molar-refractivity contribution in [2.45, 2.75) is 20.4 Å². The topological polar surface area (TPSA) is 119 Å². The fourth-order valence-corrected chi connectivity index (χ4v) is 2.47. The number of nitrogens with zero attached hydrogens (tertiary/aromatic N) is 2. The van der Waals surface area contributed by atoms with Crippen molar-refractivity contribution < 1.29 is 27.1 Å². The first-order chi connectivity index (χ1) is 10.5. The van der Waals surface area contributed by atoms with E-state index in [0.29, 0.717) is 18.2 Å². The van der Waals surface area contributed by atoms with Crippen molar-refractivity contribution in [3.63, 3.8) is 0 Å². The molecule has 2 N–H and O–H groups in total. The Labute approximate surface area is 170 Å². The number of esters is 1. The van der Waals surface area contributed by atoms with E-state index in [9.17, 15) is 4.79 Å². The van der Waals surface area contributed by atoms with Gasteiger partial charge in [-0.1, -0.05) is 35.8 Å². The third-order valence-corrected chi connectivity index (χ3v) is 3.29. The summed E-state index contributed by atoms with van der Waals surface area (Å²) >= 11 is 3.46. The van der Waals surface area contributed by atoms with Gasteiger partial charge in [0, 0.05) is 16.4 Å². The van der Waals surface area contributed by atoms with Crippen molar-refractivity contribution in [3.05, 3.63) is 28.4 Å². The summed E-state index contributed by atoms with van der Waals surface area (Å²) in [7, 11) is -3.28. The first kappa shape index (κ1) is 23.5. The van der Waals surface area contributed by atoms with E-state index in [2.05, 4.69) is 34.9 Å². The third-order valence-electron chi connectivity index (χ3n) is 2.63. The monoisotopic (exact) mass is 432 g/mol. The minimum atomic E-state index is -4.67. The van der Waals surface area contributed by atoms with Gasteiger partial charge in [0.05, 0.1) is 12.6 Å². The zero-order valence-corrected chi connectivity index (χ0v) is 15.1. The van der Waals surface area contributed by atoms with Gasteiger partial charge in [-0.25, -0.2) is 4.79 Å². The van der Waals surface area contributed by atoms with Crippen molar-refractivity contribution in [1.82, 2.24) is 9.78 Å². The molecule has 0 spiro atoms. The van der Waals surface area contributed by atoms with E-state index >= 15 is 0 Å². The van der Waals surface area contributed by atoms with Crippen molar-refractivity contribution >= 4 is 72.8 Å². The normalized spacial score (nSPS) is 10.8. The molecule has 0 aliphatic heterocycles. The summed E-state index contributed by atoms with van der Waals surface area (Å²) in [5, 5.41) is 5.28. The zero-order chi connectivity index (χ0) is 17.8. The molecule has 1 heterocycles. The number of halogens is 1. The van der Waals surface area contributed by atoms with Crippen LogP contribution < -0.4 is 0 Å². The number of fused-ring (bicyclic) bond motifs is 1. The van der Waals surface area contributed by atoms with Gasteiger partial charge in [-0.05, 0) is 18.1 Å². The van der Waals surface area contributed by atoms with Crippen molar-refractivity contribution in [2.24, 2.45) is 5.92 Å². The molecular weight excluding hydrogens is 415 g/mol. The van der Waals surface area contributed by atoms with E-state index < -0.39 is 10.4 Å². The van der Waals surface area contributed by atoms with Gasteiger partial charge in [0.25, 0.3) is 0 Å². The molecule has 0 saturated heterocycles. The number of hydrogen-bond donors (Lipinski definition) is 2. The van der Waals surface area contributed by atoms with Crippen LogP contribution in [0, 0.1) is 5.92 Å². The van der Waals surface area contributed by atoms with E-state index in [-0.39, 0.29) is 35.5 Å². The van der Waals surface area contributed by atoms with Gasteiger partial charge < -0.3 is 4.74 Å². The molecule has 130 valence electrons. The Morgan fingerprint density at radius 1 is 1.38 bits per heavy atom. The Morgan fingerprint density at radius 2 is 1.92 bits per heavy atom. The maximum atomic E-state index is 11.9. The number of methoxy groups -OCH3 is 1. The quantitative estimate of drug-likeness (QED) is 0.432. The van der Waals surface area contributed by atoms with Gasteiger partial charge in [0.2, 0.25) is 0 Å². The molecule has 0 amide bonds. The number of rotatable bonds is 3. The van der Waals surface area contributed by atoms with Crippen molar-refractivity contribution in [3.8, 4) is 0 Å². The van der Waals surface area contributed by atoms with Gasteiger partial charge >= 0.3 is 45.9 Å². The zero-order valence-electron chi connectivity index (χ0n) is 12.7. The van der Waals surface area contributed by atoms with E-state index in [1.54, 1.807) is 4.68 Å². The van der Waals surface area contributed by atoms with Gasteiger partial charge in [0.15, 0.2) is 5.69 Å². The summed E-state index contributed by atoms with van der Waals surface area (Å²) in [4.78, 5) is 11.9. The third kappa shape index (κ3) is 7.18. The molecule has 1 aromatic carbocycles. The van der Waals surface area contributed by atoms with Crippen LogP contribution in [0.3, 0.4) is 0 Å². The van der Waals surface area contributed by atoms with E-state index in [4.69, 9.17) is 22.3 Å². The van der Waals surface area contributed by atoms with Gasteiger partial charge in [-0.15, -0.1) is 0 Å². The summed E-state index contributed by atoms with van der Waals surface area (Å²) in [6.45, 7) is 4.86. The summed E-state index contributed by atoms with van der Waals surface area (Å²) in [5.41, 5.74) is 1.30. The molecule has 11 heteroatoms. The Kier molecular flexibility index (Phi) is 9.65. The van der Waals surface area contributed by atoms with Gasteiger partial charge in [-0.2, -0.15) is 13.5 Å². The molecule has 0 aliphatic carbocycles. The summed E-state index contributed by atoms with van der Waals surface area (Å²) in [6.07, 6.45) is 0. The average Bonchev–Trinajstić information content (AvgIpc) is 2.74. The molecule has 0 bridgehead atoms. The molecule has 0 atom stereocenters. The second kappa shape index (κ2) is 9.85. The van der Waals surface area contributed by atoms with Crippen LogP contribution in [0.2, 0.25) is 0 Å². The number of ether oxygens (including phenoxy) is 1. The van der Waals surface area contributed by atoms with E-state index in [0.717, 1.165) is 15.4 Å². The summed E-state index contributed by atoms with van der Waals surface area (Å²) < 4.78 is 39.0. The number of hydrogen-bond acceptors (Lipinski definition) is 5. The summed E-state index contributed by atoms with van der Waals surface area (Å²) in [5.74, 6) is 0.0477. The average molecular weight is 433 g/mol. The maximum absolute atomic E-state index is 11.9. The van der Waals surface area contributed by atoms with Crippen LogP contribution in [-0.4, -0.2) is 69.9 Å². The SMILES string of the molecule is COC(=O)c1c2c(Br)cccc2nn1CC(C)C.O=S(=O)(O)O.[NaH]. The fraction of sp³-hybridized carbons (Fsp3) is 0.385. The molecule has 0 radical (unpaired) electrons. The van der Waals surface area contributed by atoms with Crippen LogP contribution in [0.15, 0.2) is 22.7 Å². The first-order valence-electron chi connectivity index (χ1n) is 6.47. The Hall–Kier alpha value is -0.490. The van der Waals surface area contributed by atoms with E-state index in [1.165, 1.54) is 7.11 Å². The Morgan fingerprint density at radius 3 is 2.38 bits per heavy atom. The predicted molar refractivity (Wildman–Crippen MR) is 94.9 cm³/mol. The number of carbonyl (C=O) groups is 1. The second-order valence-electron chi connectivity index (χ2n) is 5.00.